The highest BCUT2D eigenvalue weighted by Crippen LogP contribution is 2.30. The normalized spacial score (nSPS) is 15.0. The van der Waals surface area contributed by atoms with Gasteiger partial charge in [0.15, 0.2) is 0 Å². The van der Waals surface area contributed by atoms with Gasteiger partial charge in [0, 0.05) is 42.7 Å². The second-order valence-corrected chi connectivity index (χ2v) is 5.70. The summed E-state index contributed by atoms with van der Waals surface area (Å²) in [7, 11) is 0. The molecule has 7 heteroatoms. The van der Waals surface area contributed by atoms with Gasteiger partial charge in [0.05, 0.1) is 10.7 Å². The van der Waals surface area contributed by atoms with Crippen LogP contribution in [-0.4, -0.2) is 37.0 Å². The van der Waals surface area contributed by atoms with Crippen molar-refractivity contribution >= 4 is 28.9 Å². The standard InChI is InChI=1S/C14H18ClN5O/c1-10(2)14(21)20-7-5-19(6-8-20)13-4-3-11(17-18-16)9-12(13)15/h3-4,9-10H,5-8H2,1-2H3. The Morgan fingerprint density at radius 1 is 1.33 bits per heavy atom. The van der Waals surface area contributed by atoms with E-state index >= 15 is 0 Å². The molecule has 1 amide bonds. The summed E-state index contributed by atoms with van der Waals surface area (Å²) in [6.45, 7) is 6.73. The van der Waals surface area contributed by atoms with Crippen molar-refractivity contribution in [2.75, 3.05) is 31.1 Å². The first-order chi connectivity index (χ1) is 10.0. The number of anilines is 1. The lowest BCUT2D eigenvalue weighted by Gasteiger charge is -2.37. The third kappa shape index (κ3) is 3.60. The molecule has 1 fully saturated rings. The number of azide groups is 1. The van der Waals surface area contributed by atoms with Crippen LogP contribution in [0, 0.1) is 5.92 Å². The zero-order chi connectivity index (χ0) is 15.4. The number of benzene rings is 1. The number of piperazine rings is 1. The minimum absolute atomic E-state index is 0.0308. The number of halogens is 1. The predicted octanol–water partition coefficient (Wildman–Crippen LogP) is 3.59. The molecular weight excluding hydrogens is 290 g/mol. The van der Waals surface area contributed by atoms with Gasteiger partial charge in [-0.15, -0.1) is 0 Å². The summed E-state index contributed by atoms with van der Waals surface area (Å²) in [6.07, 6.45) is 0. The number of hydrogen-bond donors (Lipinski definition) is 0. The molecule has 1 aliphatic rings. The summed E-state index contributed by atoms with van der Waals surface area (Å²) in [5, 5.41) is 4.09. The van der Waals surface area contributed by atoms with E-state index in [2.05, 4.69) is 14.9 Å². The van der Waals surface area contributed by atoms with Gasteiger partial charge < -0.3 is 9.80 Å². The fourth-order valence-corrected chi connectivity index (χ4v) is 2.69. The van der Waals surface area contributed by atoms with Crippen LogP contribution in [0.1, 0.15) is 13.8 Å². The highest BCUT2D eigenvalue weighted by atomic mass is 35.5. The molecule has 0 bridgehead atoms. The van der Waals surface area contributed by atoms with E-state index in [1.54, 1.807) is 12.1 Å². The maximum Gasteiger partial charge on any atom is 0.225 e. The van der Waals surface area contributed by atoms with Crippen molar-refractivity contribution in [1.29, 1.82) is 0 Å². The molecule has 21 heavy (non-hydrogen) atoms. The fourth-order valence-electron chi connectivity index (χ4n) is 2.40. The lowest BCUT2D eigenvalue weighted by atomic mass is 10.1. The molecule has 1 aromatic rings. The van der Waals surface area contributed by atoms with E-state index in [9.17, 15) is 4.79 Å². The van der Waals surface area contributed by atoms with Gasteiger partial charge in [-0.3, -0.25) is 4.79 Å². The molecule has 0 spiro atoms. The average molecular weight is 308 g/mol. The zero-order valence-corrected chi connectivity index (χ0v) is 12.9. The minimum atomic E-state index is 0.0308. The molecule has 0 aliphatic carbocycles. The molecule has 0 aromatic heterocycles. The molecule has 112 valence electrons. The molecule has 0 radical (unpaired) electrons. The van der Waals surface area contributed by atoms with Crippen LogP contribution in [0.3, 0.4) is 0 Å². The molecule has 0 atom stereocenters. The lowest BCUT2D eigenvalue weighted by Crippen LogP contribution is -2.50. The number of amides is 1. The first kappa shape index (κ1) is 15.5. The quantitative estimate of drug-likeness (QED) is 0.486. The average Bonchev–Trinajstić information content (AvgIpc) is 2.47. The van der Waals surface area contributed by atoms with Gasteiger partial charge in [-0.05, 0) is 17.7 Å². The Labute approximate surface area is 128 Å². The molecule has 0 unspecified atom stereocenters. The second-order valence-electron chi connectivity index (χ2n) is 5.29. The summed E-state index contributed by atoms with van der Waals surface area (Å²) >= 11 is 6.24. The highest BCUT2D eigenvalue weighted by molar-refractivity contribution is 6.33. The minimum Gasteiger partial charge on any atom is -0.367 e. The lowest BCUT2D eigenvalue weighted by molar-refractivity contribution is -0.134. The fraction of sp³-hybridized carbons (Fsp3) is 0.500. The van der Waals surface area contributed by atoms with Gasteiger partial charge in [0.1, 0.15) is 0 Å². The molecule has 1 saturated heterocycles. The molecule has 1 aliphatic heterocycles. The Morgan fingerprint density at radius 2 is 2.00 bits per heavy atom. The number of rotatable bonds is 3. The van der Waals surface area contributed by atoms with Crippen LogP contribution in [0.5, 0.6) is 0 Å². The van der Waals surface area contributed by atoms with E-state index in [0.717, 1.165) is 18.8 Å². The van der Waals surface area contributed by atoms with E-state index < -0.39 is 0 Å². The van der Waals surface area contributed by atoms with E-state index in [1.165, 1.54) is 0 Å². The Morgan fingerprint density at radius 3 is 2.52 bits per heavy atom. The van der Waals surface area contributed by atoms with E-state index in [1.807, 2.05) is 24.8 Å². The van der Waals surface area contributed by atoms with E-state index in [4.69, 9.17) is 17.1 Å². The summed E-state index contributed by atoms with van der Waals surface area (Å²) in [5.41, 5.74) is 9.83. The zero-order valence-electron chi connectivity index (χ0n) is 12.2. The monoisotopic (exact) mass is 307 g/mol. The summed E-state index contributed by atoms with van der Waals surface area (Å²) in [5.74, 6) is 0.225. The Balaban J connectivity index is 2.05. The predicted molar refractivity (Wildman–Crippen MR) is 83.9 cm³/mol. The Hall–Kier alpha value is -1.91. The van der Waals surface area contributed by atoms with Gasteiger partial charge >= 0.3 is 0 Å². The van der Waals surface area contributed by atoms with Gasteiger partial charge in [-0.25, -0.2) is 0 Å². The van der Waals surface area contributed by atoms with Gasteiger partial charge in [0.25, 0.3) is 0 Å². The van der Waals surface area contributed by atoms with Crippen molar-refractivity contribution in [3.05, 3.63) is 33.7 Å². The molecule has 1 heterocycles. The van der Waals surface area contributed by atoms with Gasteiger partial charge in [-0.1, -0.05) is 36.6 Å². The molecule has 1 aromatic carbocycles. The molecule has 0 N–H and O–H groups in total. The third-order valence-electron chi connectivity index (χ3n) is 3.52. The van der Waals surface area contributed by atoms with Crippen LogP contribution >= 0.6 is 11.6 Å². The summed E-state index contributed by atoms with van der Waals surface area (Å²) < 4.78 is 0. The Kier molecular flexibility index (Phi) is 4.94. The van der Waals surface area contributed by atoms with Crippen LogP contribution in [-0.2, 0) is 4.79 Å². The first-order valence-electron chi connectivity index (χ1n) is 6.91. The highest BCUT2D eigenvalue weighted by Gasteiger charge is 2.23. The first-order valence-corrected chi connectivity index (χ1v) is 7.29. The summed E-state index contributed by atoms with van der Waals surface area (Å²) in [4.78, 5) is 18.7. The van der Waals surface area contributed by atoms with Crippen LogP contribution < -0.4 is 4.90 Å². The largest absolute Gasteiger partial charge is 0.367 e. The Bertz CT molecular complexity index is 575. The number of hydrogen-bond acceptors (Lipinski definition) is 3. The van der Waals surface area contributed by atoms with Crippen LogP contribution in [0.2, 0.25) is 5.02 Å². The number of carbonyl (C=O) groups is 1. The maximum absolute atomic E-state index is 12.0. The number of nitrogens with zero attached hydrogens (tertiary/aromatic N) is 5. The van der Waals surface area contributed by atoms with Crippen LogP contribution in [0.4, 0.5) is 11.4 Å². The molecular formula is C14H18ClN5O. The second kappa shape index (κ2) is 6.70. The smallest absolute Gasteiger partial charge is 0.225 e. The summed E-state index contributed by atoms with van der Waals surface area (Å²) in [6, 6.07) is 5.25. The van der Waals surface area contributed by atoms with Crippen LogP contribution in [0.25, 0.3) is 10.4 Å². The topological polar surface area (TPSA) is 72.3 Å². The molecule has 2 rings (SSSR count). The van der Waals surface area contributed by atoms with Crippen molar-refractivity contribution in [1.82, 2.24) is 4.90 Å². The van der Waals surface area contributed by atoms with Gasteiger partial charge in [0.2, 0.25) is 5.91 Å². The van der Waals surface area contributed by atoms with Crippen molar-refractivity contribution in [3.8, 4) is 0 Å². The van der Waals surface area contributed by atoms with Crippen molar-refractivity contribution in [2.45, 2.75) is 13.8 Å². The van der Waals surface area contributed by atoms with Crippen molar-refractivity contribution in [2.24, 2.45) is 11.0 Å². The number of carbonyl (C=O) groups excluding carboxylic acids is 1. The molecule has 0 saturated carbocycles. The third-order valence-corrected chi connectivity index (χ3v) is 3.82. The van der Waals surface area contributed by atoms with E-state index in [-0.39, 0.29) is 11.8 Å². The van der Waals surface area contributed by atoms with E-state index in [0.29, 0.717) is 23.8 Å². The van der Waals surface area contributed by atoms with Gasteiger partial charge in [-0.2, -0.15) is 0 Å². The SMILES string of the molecule is CC(C)C(=O)N1CCN(c2ccc(N=[N+]=[N-])cc2Cl)CC1. The van der Waals surface area contributed by atoms with Crippen molar-refractivity contribution < 1.29 is 4.79 Å². The van der Waals surface area contributed by atoms with Crippen molar-refractivity contribution in [3.63, 3.8) is 0 Å². The van der Waals surface area contributed by atoms with Crippen LogP contribution in [0.15, 0.2) is 23.3 Å². The maximum atomic E-state index is 12.0. The molecule has 6 nitrogen and oxygen atoms in total.